The summed E-state index contributed by atoms with van der Waals surface area (Å²) in [5, 5.41) is 10.6. The highest BCUT2D eigenvalue weighted by molar-refractivity contribution is 5.62. The van der Waals surface area contributed by atoms with Crippen molar-refractivity contribution in [2.75, 3.05) is 25.1 Å². The van der Waals surface area contributed by atoms with Crippen LogP contribution < -0.4 is 5.32 Å². The SMILES string of the molecule is Cc1nc(-c2cccc(NCC3CCCOC3)c2)n[nH]1. The number of anilines is 1. The number of aryl methyl sites for hydroxylation is 1. The number of rotatable bonds is 4. The van der Waals surface area contributed by atoms with Crippen LogP contribution in [-0.4, -0.2) is 34.9 Å². The Morgan fingerprint density at radius 3 is 3.15 bits per heavy atom. The van der Waals surface area contributed by atoms with E-state index in [4.69, 9.17) is 4.74 Å². The van der Waals surface area contributed by atoms with Crippen LogP contribution in [0.4, 0.5) is 5.69 Å². The Bertz CT molecular complexity index is 561. The molecule has 5 nitrogen and oxygen atoms in total. The van der Waals surface area contributed by atoms with E-state index in [0.717, 1.165) is 42.7 Å². The van der Waals surface area contributed by atoms with Crippen molar-refractivity contribution in [3.63, 3.8) is 0 Å². The maximum Gasteiger partial charge on any atom is 0.181 e. The van der Waals surface area contributed by atoms with Gasteiger partial charge in [-0.3, -0.25) is 5.10 Å². The van der Waals surface area contributed by atoms with Gasteiger partial charge in [-0.2, -0.15) is 5.10 Å². The number of H-pyrrole nitrogens is 1. The van der Waals surface area contributed by atoms with E-state index in [-0.39, 0.29) is 0 Å². The van der Waals surface area contributed by atoms with Crippen LogP contribution in [0.15, 0.2) is 24.3 Å². The summed E-state index contributed by atoms with van der Waals surface area (Å²) in [6.45, 7) is 4.64. The number of hydrogen-bond acceptors (Lipinski definition) is 4. The zero-order chi connectivity index (χ0) is 13.8. The molecule has 1 aromatic carbocycles. The summed E-state index contributed by atoms with van der Waals surface area (Å²) in [7, 11) is 0. The van der Waals surface area contributed by atoms with Crippen molar-refractivity contribution in [1.29, 1.82) is 0 Å². The third-order valence-corrected chi connectivity index (χ3v) is 3.57. The van der Waals surface area contributed by atoms with E-state index in [2.05, 4.69) is 32.6 Å². The Morgan fingerprint density at radius 1 is 1.45 bits per heavy atom. The Balaban J connectivity index is 1.65. The van der Waals surface area contributed by atoms with E-state index in [0.29, 0.717) is 5.92 Å². The van der Waals surface area contributed by atoms with Crippen LogP contribution in [0.5, 0.6) is 0 Å². The van der Waals surface area contributed by atoms with Crippen LogP contribution in [-0.2, 0) is 4.74 Å². The lowest BCUT2D eigenvalue weighted by molar-refractivity contribution is 0.0595. The van der Waals surface area contributed by atoms with Crippen LogP contribution in [0, 0.1) is 12.8 Å². The maximum atomic E-state index is 5.50. The second-order valence-corrected chi connectivity index (χ2v) is 5.29. The van der Waals surface area contributed by atoms with Gasteiger partial charge >= 0.3 is 0 Å². The van der Waals surface area contributed by atoms with Crippen LogP contribution in [0.1, 0.15) is 18.7 Å². The second kappa shape index (κ2) is 6.05. The minimum Gasteiger partial charge on any atom is -0.385 e. The van der Waals surface area contributed by atoms with E-state index in [1.165, 1.54) is 12.8 Å². The first kappa shape index (κ1) is 13.1. The van der Waals surface area contributed by atoms with Gasteiger partial charge in [0.25, 0.3) is 0 Å². The molecular weight excluding hydrogens is 252 g/mol. The monoisotopic (exact) mass is 272 g/mol. The molecule has 2 aromatic rings. The molecule has 3 rings (SSSR count). The molecule has 1 atom stereocenters. The summed E-state index contributed by atoms with van der Waals surface area (Å²) in [5.74, 6) is 2.18. The van der Waals surface area contributed by atoms with Gasteiger partial charge in [0.05, 0.1) is 6.61 Å². The third kappa shape index (κ3) is 3.17. The first-order chi connectivity index (χ1) is 9.81. The fourth-order valence-corrected chi connectivity index (χ4v) is 2.47. The van der Waals surface area contributed by atoms with Gasteiger partial charge in [-0.1, -0.05) is 12.1 Å². The first-order valence-corrected chi connectivity index (χ1v) is 7.12. The molecule has 2 N–H and O–H groups in total. The predicted octanol–water partition coefficient (Wildman–Crippen LogP) is 2.62. The predicted molar refractivity (Wildman–Crippen MR) is 78.6 cm³/mol. The van der Waals surface area contributed by atoms with Crippen LogP contribution in [0.3, 0.4) is 0 Å². The molecule has 1 aromatic heterocycles. The van der Waals surface area contributed by atoms with E-state index >= 15 is 0 Å². The Kier molecular flexibility index (Phi) is 3.97. The number of benzene rings is 1. The Morgan fingerprint density at radius 2 is 2.40 bits per heavy atom. The number of hydrogen-bond donors (Lipinski definition) is 2. The lowest BCUT2D eigenvalue weighted by Crippen LogP contribution is -2.24. The summed E-state index contributed by atoms with van der Waals surface area (Å²) in [4.78, 5) is 4.36. The normalized spacial score (nSPS) is 18.9. The summed E-state index contributed by atoms with van der Waals surface area (Å²) < 4.78 is 5.50. The van der Waals surface area contributed by atoms with Gasteiger partial charge in [0.15, 0.2) is 5.82 Å². The highest BCUT2D eigenvalue weighted by Gasteiger charge is 2.13. The Hall–Kier alpha value is -1.88. The Labute approximate surface area is 118 Å². The molecule has 106 valence electrons. The average Bonchev–Trinajstić information content (AvgIpc) is 2.93. The fraction of sp³-hybridized carbons (Fsp3) is 0.467. The van der Waals surface area contributed by atoms with Gasteiger partial charge in [-0.05, 0) is 37.8 Å². The van der Waals surface area contributed by atoms with E-state index in [9.17, 15) is 0 Å². The van der Waals surface area contributed by atoms with Crippen molar-refractivity contribution in [2.24, 2.45) is 5.92 Å². The largest absolute Gasteiger partial charge is 0.385 e. The molecule has 0 amide bonds. The zero-order valence-electron chi connectivity index (χ0n) is 11.7. The zero-order valence-corrected chi connectivity index (χ0v) is 11.7. The van der Waals surface area contributed by atoms with Crippen LogP contribution in [0.25, 0.3) is 11.4 Å². The molecule has 1 unspecified atom stereocenters. The van der Waals surface area contributed by atoms with E-state index < -0.39 is 0 Å². The van der Waals surface area contributed by atoms with Gasteiger partial charge < -0.3 is 10.1 Å². The summed E-state index contributed by atoms with van der Waals surface area (Å²) >= 11 is 0. The minimum absolute atomic E-state index is 0.609. The lowest BCUT2D eigenvalue weighted by atomic mass is 10.0. The summed E-state index contributed by atoms with van der Waals surface area (Å²) in [5.41, 5.74) is 2.13. The van der Waals surface area contributed by atoms with Crippen LogP contribution in [0.2, 0.25) is 0 Å². The van der Waals surface area contributed by atoms with Crippen molar-refractivity contribution in [2.45, 2.75) is 19.8 Å². The maximum absolute atomic E-state index is 5.50. The first-order valence-electron chi connectivity index (χ1n) is 7.12. The highest BCUT2D eigenvalue weighted by atomic mass is 16.5. The number of ether oxygens (including phenoxy) is 1. The molecule has 1 fully saturated rings. The summed E-state index contributed by atoms with van der Waals surface area (Å²) in [6.07, 6.45) is 2.41. The summed E-state index contributed by atoms with van der Waals surface area (Å²) in [6, 6.07) is 8.22. The molecule has 0 saturated carbocycles. The van der Waals surface area contributed by atoms with Crippen molar-refractivity contribution >= 4 is 5.69 Å². The molecule has 0 spiro atoms. The molecule has 1 aliphatic rings. The van der Waals surface area contributed by atoms with Gasteiger partial charge in [0.1, 0.15) is 5.82 Å². The third-order valence-electron chi connectivity index (χ3n) is 3.57. The number of nitrogens with zero attached hydrogens (tertiary/aromatic N) is 2. The second-order valence-electron chi connectivity index (χ2n) is 5.29. The lowest BCUT2D eigenvalue weighted by Gasteiger charge is -2.22. The molecule has 0 radical (unpaired) electrons. The number of aromatic amines is 1. The highest BCUT2D eigenvalue weighted by Crippen LogP contribution is 2.20. The van der Waals surface area contributed by atoms with Crippen molar-refractivity contribution < 1.29 is 4.74 Å². The van der Waals surface area contributed by atoms with Crippen molar-refractivity contribution in [3.8, 4) is 11.4 Å². The number of nitrogens with one attached hydrogen (secondary N) is 2. The molecule has 0 aliphatic carbocycles. The number of aromatic nitrogens is 3. The molecule has 2 heterocycles. The molecule has 0 bridgehead atoms. The molecule has 1 aliphatic heterocycles. The topological polar surface area (TPSA) is 62.8 Å². The molecule has 5 heteroatoms. The van der Waals surface area contributed by atoms with Gasteiger partial charge in [0.2, 0.25) is 0 Å². The average molecular weight is 272 g/mol. The molecular formula is C15H20N4O. The van der Waals surface area contributed by atoms with Gasteiger partial charge in [0, 0.05) is 24.4 Å². The minimum atomic E-state index is 0.609. The fourth-order valence-electron chi connectivity index (χ4n) is 2.47. The molecule has 1 saturated heterocycles. The van der Waals surface area contributed by atoms with Crippen molar-refractivity contribution in [1.82, 2.24) is 15.2 Å². The van der Waals surface area contributed by atoms with E-state index in [1.54, 1.807) is 0 Å². The van der Waals surface area contributed by atoms with Crippen molar-refractivity contribution in [3.05, 3.63) is 30.1 Å². The van der Waals surface area contributed by atoms with Gasteiger partial charge in [-0.25, -0.2) is 4.98 Å². The van der Waals surface area contributed by atoms with E-state index in [1.807, 2.05) is 19.1 Å². The standard InChI is InChI=1S/C15H20N4O/c1-11-17-15(19-18-11)13-5-2-6-14(8-13)16-9-12-4-3-7-20-10-12/h2,5-6,8,12,16H,3-4,7,9-10H2,1H3,(H,17,18,19). The van der Waals surface area contributed by atoms with Gasteiger partial charge in [-0.15, -0.1) is 0 Å². The van der Waals surface area contributed by atoms with Crippen LogP contribution >= 0.6 is 0 Å². The smallest absolute Gasteiger partial charge is 0.181 e. The quantitative estimate of drug-likeness (QED) is 0.898. The molecule has 20 heavy (non-hydrogen) atoms.